The fraction of sp³-hybridized carbons (Fsp3) is 0.875. The lowest BCUT2D eigenvalue weighted by molar-refractivity contribution is -0.146. The third kappa shape index (κ3) is 2.79. The quantitative estimate of drug-likeness (QED) is 0.591. The van der Waals surface area contributed by atoms with Gasteiger partial charge in [0.15, 0.2) is 6.29 Å². The van der Waals surface area contributed by atoms with Gasteiger partial charge in [-0.1, -0.05) is 0 Å². The first-order chi connectivity index (χ1) is 5.72. The van der Waals surface area contributed by atoms with E-state index in [0.717, 1.165) is 0 Å². The van der Waals surface area contributed by atoms with Gasteiger partial charge in [0.1, 0.15) is 6.10 Å². The zero-order valence-corrected chi connectivity index (χ0v) is 7.41. The Bertz CT molecular complexity index is 157. The highest BCUT2D eigenvalue weighted by molar-refractivity contribution is 5.66. The molecule has 1 aliphatic heterocycles. The van der Waals surface area contributed by atoms with E-state index in [-0.39, 0.29) is 18.4 Å². The third-order valence-corrected chi connectivity index (χ3v) is 1.61. The maximum Gasteiger partial charge on any atom is 0.302 e. The molecule has 0 radical (unpaired) electrons. The average molecular weight is 174 g/mol. The SMILES string of the molecule is CCOC1CC(OC(C)=O)CO1. The summed E-state index contributed by atoms with van der Waals surface area (Å²) in [5, 5.41) is 0. The van der Waals surface area contributed by atoms with Crippen molar-refractivity contribution in [3.05, 3.63) is 0 Å². The summed E-state index contributed by atoms with van der Waals surface area (Å²) in [6.07, 6.45) is 0.325. The second-order valence-electron chi connectivity index (χ2n) is 2.69. The summed E-state index contributed by atoms with van der Waals surface area (Å²) < 4.78 is 15.4. The Morgan fingerprint density at radius 3 is 3.00 bits per heavy atom. The van der Waals surface area contributed by atoms with Crippen molar-refractivity contribution in [1.29, 1.82) is 0 Å². The lowest BCUT2D eigenvalue weighted by Gasteiger charge is -2.08. The van der Waals surface area contributed by atoms with E-state index in [1.807, 2.05) is 6.92 Å². The van der Waals surface area contributed by atoms with Crippen LogP contribution in [-0.2, 0) is 19.0 Å². The first-order valence-electron chi connectivity index (χ1n) is 4.12. The zero-order chi connectivity index (χ0) is 8.97. The third-order valence-electron chi connectivity index (χ3n) is 1.61. The monoisotopic (exact) mass is 174 g/mol. The first-order valence-corrected chi connectivity index (χ1v) is 4.12. The van der Waals surface area contributed by atoms with Gasteiger partial charge in [0, 0.05) is 20.0 Å². The van der Waals surface area contributed by atoms with Gasteiger partial charge >= 0.3 is 5.97 Å². The van der Waals surface area contributed by atoms with E-state index >= 15 is 0 Å². The average Bonchev–Trinajstić information content (AvgIpc) is 2.36. The molecular formula is C8H14O4. The number of hydrogen-bond donors (Lipinski definition) is 0. The summed E-state index contributed by atoms with van der Waals surface area (Å²) in [5.74, 6) is -0.263. The normalized spacial score (nSPS) is 28.8. The predicted octanol–water partition coefficient (Wildman–Crippen LogP) is 0.701. The van der Waals surface area contributed by atoms with Crippen LogP contribution in [0.2, 0.25) is 0 Å². The Kier molecular flexibility index (Phi) is 3.49. The van der Waals surface area contributed by atoms with Crippen LogP contribution in [0, 0.1) is 0 Å². The van der Waals surface area contributed by atoms with E-state index in [1.165, 1.54) is 6.92 Å². The molecule has 1 fully saturated rings. The second kappa shape index (κ2) is 4.42. The van der Waals surface area contributed by atoms with E-state index in [2.05, 4.69) is 0 Å². The van der Waals surface area contributed by atoms with Crippen molar-refractivity contribution in [1.82, 2.24) is 0 Å². The molecule has 4 nitrogen and oxygen atoms in total. The van der Waals surface area contributed by atoms with Crippen molar-refractivity contribution in [2.24, 2.45) is 0 Å². The van der Waals surface area contributed by atoms with E-state index in [4.69, 9.17) is 14.2 Å². The largest absolute Gasteiger partial charge is 0.460 e. The molecular weight excluding hydrogens is 160 g/mol. The van der Waals surface area contributed by atoms with Crippen molar-refractivity contribution < 1.29 is 19.0 Å². The van der Waals surface area contributed by atoms with Crippen LogP contribution in [0.25, 0.3) is 0 Å². The van der Waals surface area contributed by atoms with E-state index in [9.17, 15) is 4.79 Å². The minimum Gasteiger partial charge on any atom is -0.460 e. The van der Waals surface area contributed by atoms with Gasteiger partial charge in [-0.15, -0.1) is 0 Å². The summed E-state index contributed by atoms with van der Waals surface area (Å²) in [5.41, 5.74) is 0. The molecule has 0 aliphatic carbocycles. The first kappa shape index (κ1) is 9.48. The van der Waals surface area contributed by atoms with Crippen molar-refractivity contribution in [3.8, 4) is 0 Å². The van der Waals surface area contributed by atoms with Crippen LogP contribution in [0.5, 0.6) is 0 Å². The van der Waals surface area contributed by atoms with E-state index < -0.39 is 0 Å². The minimum atomic E-state index is -0.263. The molecule has 1 saturated heterocycles. The Morgan fingerprint density at radius 1 is 1.67 bits per heavy atom. The number of hydrogen-bond acceptors (Lipinski definition) is 4. The summed E-state index contributed by atoms with van der Waals surface area (Å²) in [6, 6.07) is 0. The lowest BCUT2D eigenvalue weighted by atomic mass is 10.3. The maximum absolute atomic E-state index is 10.5. The molecule has 0 amide bonds. The highest BCUT2D eigenvalue weighted by Gasteiger charge is 2.27. The molecule has 1 aliphatic rings. The molecule has 70 valence electrons. The second-order valence-corrected chi connectivity index (χ2v) is 2.69. The van der Waals surface area contributed by atoms with Crippen LogP contribution in [0.4, 0.5) is 0 Å². The molecule has 0 bridgehead atoms. The van der Waals surface area contributed by atoms with Crippen LogP contribution >= 0.6 is 0 Å². The van der Waals surface area contributed by atoms with Crippen LogP contribution in [0.1, 0.15) is 20.3 Å². The fourth-order valence-electron chi connectivity index (χ4n) is 1.18. The molecule has 0 aromatic rings. The molecule has 0 aromatic carbocycles. The van der Waals surface area contributed by atoms with Gasteiger partial charge < -0.3 is 14.2 Å². The standard InChI is InChI=1S/C8H14O4/c1-3-10-8-4-7(5-11-8)12-6(2)9/h7-8H,3-5H2,1-2H3. The molecule has 0 saturated carbocycles. The highest BCUT2D eigenvalue weighted by atomic mass is 16.7. The summed E-state index contributed by atoms with van der Waals surface area (Å²) in [4.78, 5) is 10.5. The Hall–Kier alpha value is -0.610. The van der Waals surface area contributed by atoms with Crippen LogP contribution in [0.15, 0.2) is 0 Å². The van der Waals surface area contributed by atoms with E-state index in [0.29, 0.717) is 19.6 Å². The summed E-state index contributed by atoms with van der Waals surface area (Å²) >= 11 is 0. The molecule has 2 unspecified atom stereocenters. The van der Waals surface area contributed by atoms with Gasteiger partial charge in [0.2, 0.25) is 0 Å². The Balaban J connectivity index is 2.21. The van der Waals surface area contributed by atoms with Crippen LogP contribution in [-0.4, -0.2) is 31.6 Å². The summed E-state index contributed by atoms with van der Waals surface area (Å²) in [7, 11) is 0. The Labute approximate surface area is 71.8 Å². The molecule has 4 heteroatoms. The van der Waals surface area contributed by atoms with E-state index in [1.54, 1.807) is 0 Å². The number of ether oxygens (including phenoxy) is 3. The van der Waals surface area contributed by atoms with Crippen molar-refractivity contribution in [2.75, 3.05) is 13.2 Å². The van der Waals surface area contributed by atoms with Crippen LogP contribution < -0.4 is 0 Å². The molecule has 0 N–H and O–H groups in total. The molecule has 2 atom stereocenters. The van der Waals surface area contributed by atoms with Crippen molar-refractivity contribution >= 4 is 5.97 Å². The minimum absolute atomic E-state index is 0.126. The van der Waals surface area contributed by atoms with Crippen LogP contribution in [0.3, 0.4) is 0 Å². The smallest absolute Gasteiger partial charge is 0.302 e. The molecule has 0 spiro atoms. The fourth-order valence-corrected chi connectivity index (χ4v) is 1.18. The topological polar surface area (TPSA) is 44.8 Å². The summed E-state index contributed by atoms with van der Waals surface area (Å²) in [6.45, 7) is 4.37. The zero-order valence-electron chi connectivity index (χ0n) is 7.41. The van der Waals surface area contributed by atoms with Gasteiger partial charge in [0.05, 0.1) is 6.61 Å². The van der Waals surface area contributed by atoms with Gasteiger partial charge in [-0.2, -0.15) is 0 Å². The van der Waals surface area contributed by atoms with Gasteiger partial charge in [-0.25, -0.2) is 0 Å². The van der Waals surface area contributed by atoms with Gasteiger partial charge in [0.25, 0.3) is 0 Å². The molecule has 0 aromatic heterocycles. The predicted molar refractivity (Wildman–Crippen MR) is 41.5 cm³/mol. The number of carbonyl (C=O) groups is 1. The highest BCUT2D eigenvalue weighted by Crippen LogP contribution is 2.17. The number of esters is 1. The molecule has 1 heterocycles. The molecule has 12 heavy (non-hydrogen) atoms. The lowest BCUT2D eigenvalue weighted by Crippen LogP contribution is -2.16. The maximum atomic E-state index is 10.5. The van der Waals surface area contributed by atoms with Crippen molar-refractivity contribution in [2.45, 2.75) is 32.7 Å². The van der Waals surface area contributed by atoms with Crippen molar-refractivity contribution in [3.63, 3.8) is 0 Å². The van der Waals surface area contributed by atoms with Gasteiger partial charge in [-0.3, -0.25) is 4.79 Å². The number of rotatable bonds is 3. The molecule has 1 rings (SSSR count). The van der Waals surface area contributed by atoms with Gasteiger partial charge in [-0.05, 0) is 6.92 Å². The number of carbonyl (C=O) groups excluding carboxylic acids is 1. The Morgan fingerprint density at radius 2 is 2.42 bits per heavy atom.